The molecule has 8 aromatic rings. The molecule has 0 spiro atoms. The summed E-state index contributed by atoms with van der Waals surface area (Å²) in [4.78, 5) is 2.50. The molecule has 10 rings (SSSR count). The van der Waals surface area contributed by atoms with Crippen LogP contribution in [0.25, 0.3) is 55.3 Å². The predicted molar refractivity (Wildman–Crippen MR) is 225 cm³/mol. The zero-order valence-corrected chi connectivity index (χ0v) is 30.7. The monoisotopic (exact) mass is 679 g/mol. The standard InChI is InChI=1S/C52H41N/c1-51(2)46-22-14-13-19-40(46)41-29-28-39(32-48(41)51)53(38-26-23-36(24-27-38)34-15-7-5-8-16-34)49-33-45-44-31-37(35-17-9-6-10-18-35)25-30-47(44)52(3,4)50(45)43-21-12-11-20-42(43)49/h5-33H,1-4H3. The Morgan fingerprint density at radius 2 is 0.887 bits per heavy atom. The molecule has 0 aliphatic heterocycles. The van der Waals surface area contributed by atoms with Gasteiger partial charge in [0.2, 0.25) is 0 Å². The van der Waals surface area contributed by atoms with Gasteiger partial charge in [0.25, 0.3) is 0 Å². The second-order valence-corrected chi connectivity index (χ2v) is 15.8. The average molecular weight is 680 g/mol. The van der Waals surface area contributed by atoms with Gasteiger partial charge in [0.15, 0.2) is 0 Å². The van der Waals surface area contributed by atoms with E-state index in [1.807, 2.05) is 0 Å². The molecule has 0 fully saturated rings. The molecule has 0 saturated carbocycles. The first-order valence-corrected chi connectivity index (χ1v) is 18.8. The zero-order valence-electron chi connectivity index (χ0n) is 30.7. The largest absolute Gasteiger partial charge is 0.310 e. The summed E-state index contributed by atoms with van der Waals surface area (Å²) < 4.78 is 0. The van der Waals surface area contributed by atoms with Crippen molar-refractivity contribution < 1.29 is 0 Å². The van der Waals surface area contributed by atoms with E-state index < -0.39 is 0 Å². The van der Waals surface area contributed by atoms with E-state index in [2.05, 4.69) is 209 Å². The van der Waals surface area contributed by atoms with Crippen LogP contribution in [-0.4, -0.2) is 0 Å². The minimum Gasteiger partial charge on any atom is -0.310 e. The topological polar surface area (TPSA) is 3.24 Å². The fourth-order valence-electron chi connectivity index (χ4n) is 9.38. The Morgan fingerprint density at radius 3 is 1.62 bits per heavy atom. The summed E-state index contributed by atoms with van der Waals surface area (Å²) in [6, 6.07) is 65.2. The Morgan fingerprint density at radius 1 is 0.340 bits per heavy atom. The summed E-state index contributed by atoms with van der Waals surface area (Å²) in [5.74, 6) is 0. The lowest BCUT2D eigenvalue weighted by atomic mass is 9.79. The minimum atomic E-state index is -0.149. The lowest BCUT2D eigenvalue weighted by molar-refractivity contribution is 0.660. The fourth-order valence-corrected chi connectivity index (χ4v) is 9.38. The number of hydrogen-bond donors (Lipinski definition) is 0. The van der Waals surface area contributed by atoms with Crippen LogP contribution in [0.15, 0.2) is 176 Å². The highest BCUT2D eigenvalue weighted by molar-refractivity contribution is 6.07. The third-order valence-electron chi connectivity index (χ3n) is 12.0. The molecule has 0 radical (unpaired) electrons. The van der Waals surface area contributed by atoms with Gasteiger partial charge >= 0.3 is 0 Å². The van der Waals surface area contributed by atoms with Crippen molar-refractivity contribution in [3.63, 3.8) is 0 Å². The summed E-state index contributed by atoms with van der Waals surface area (Å²) >= 11 is 0. The maximum Gasteiger partial charge on any atom is 0.0546 e. The maximum absolute atomic E-state index is 2.50. The highest BCUT2D eigenvalue weighted by atomic mass is 15.1. The van der Waals surface area contributed by atoms with Crippen LogP contribution >= 0.6 is 0 Å². The minimum absolute atomic E-state index is 0.110. The van der Waals surface area contributed by atoms with Crippen molar-refractivity contribution in [2.24, 2.45) is 0 Å². The van der Waals surface area contributed by atoms with Gasteiger partial charge in [-0.1, -0.05) is 167 Å². The summed E-state index contributed by atoms with van der Waals surface area (Å²) in [6.07, 6.45) is 0. The molecule has 1 heteroatoms. The van der Waals surface area contributed by atoms with Gasteiger partial charge in [-0.3, -0.25) is 0 Å². The molecule has 254 valence electrons. The SMILES string of the molecule is CC1(C)c2ccccc2-c2ccc(N(c3ccc(-c4ccccc4)cc3)c3cc4c(c5ccccc35)C(C)(C)c3ccc(-c5ccccc5)cc3-4)cc21. The van der Waals surface area contributed by atoms with Gasteiger partial charge in [0.05, 0.1) is 5.69 Å². The molecule has 0 bridgehead atoms. The zero-order chi connectivity index (χ0) is 35.9. The lowest BCUT2D eigenvalue weighted by Crippen LogP contribution is -2.17. The first-order chi connectivity index (χ1) is 25.8. The smallest absolute Gasteiger partial charge is 0.0546 e. The van der Waals surface area contributed by atoms with Crippen LogP contribution in [0.2, 0.25) is 0 Å². The van der Waals surface area contributed by atoms with Gasteiger partial charge < -0.3 is 4.90 Å². The second kappa shape index (κ2) is 11.7. The van der Waals surface area contributed by atoms with Gasteiger partial charge in [-0.15, -0.1) is 0 Å². The Labute approximate surface area is 312 Å². The van der Waals surface area contributed by atoms with Crippen molar-refractivity contribution in [2.75, 3.05) is 4.90 Å². The Balaban J connectivity index is 1.23. The van der Waals surface area contributed by atoms with Crippen LogP contribution in [-0.2, 0) is 10.8 Å². The van der Waals surface area contributed by atoms with Gasteiger partial charge in [0.1, 0.15) is 0 Å². The van der Waals surface area contributed by atoms with E-state index >= 15 is 0 Å². The van der Waals surface area contributed by atoms with Crippen molar-refractivity contribution in [2.45, 2.75) is 38.5 Å². The average Bonchev–Trinajstić information content (AvgIpc) is 3.58. The number of benzene rings is 8. The van der Waals surface area contributed by atoms with Crippen LogP contribution in [0, 0.1) is 0 Å². The molecule has 8 aromatic carbocycles. The number of hydrogen-bond acceptors (Lipinski definition) is 1. The van der Waals surface area contributed by atoms with Crippen molar-refractivity contribution in [3.05, 3.63) is 198 Å². The maximum atomic E-state index is 2.50. The van der Waals surface area contributed by atoms with E-state index in [9.17, 15) is 0 Å². The molecule has 0 heterocycles. The van der Waals surface area contributed by atoms with Gasteiger partial charge in [-0.05, 0) is 109 Å². The quantitative estimate of drug-likeness (QED) is 0.175. The molecule has 0 saturated heterocycles. The normalized spacial score (nSPS) is 14.3. The van der Waals surface area contributed by atoms with Gasteiger partial charge in [-0.2, -0.15) is 0 Å². The molecule has 2 aliphatic rings. The van der Waals surface area contributed by atoms with Crippen molar-refractivity contribution >= 4 is 27.8 Å². The van der Waals surface area contributed by atoms with Crippen LogP contribution < -0.4 is 4.90 Å². The second-order valence-electron chi connectivity index (χ2n) is 15.8. The van der Waals surface area contributed by atoms with Crippen LogP contribution in [0.3, 0.4) is 0 Å². The summed E-state index contributed by atoms with van der Waals surface area (Å²) in [7, 11) is 0. The first-order valence-electron chi connectivity index (χ1n) is 18.8. The molecule has 1 nitrogen and oxygen atoms in total. The van der Waals surface area contributed by atoms with E-state index in [-0.39, 0.29) is 10.8 Å². The molecule has 0 atom stereocenters. The van der Waals surface area contributed by atoms with Gasteiger partial charge in [0, 0.05) is 27.6 Å². The fraction of sp³-hybridized carbons (Fsp3) is 0.115. The highest BCUT2D eigenvalue weighted by Crippen LogP contribution is 2.56. The highest BCUT2D eigenvalue weighted by Gasteiger charge is 2.39. The number of rotatable bonds is 5. The number of fused-ring (bicyclic) bond motifs is 8. The summed E-state index contributed by atoms with van der Waals surface area (Å²) in [5.41, 5.74) is 19.0. The summed E-state index contributed by atoms with van der Waals surface area (Å²) in [5, 5.41) is 2.56. The van der Waals surface area contributed by atoms with Crippen LogP contribution in [0.4, 0.5) is 17.1 Å². The van der Waals surface area contributed by atoms with Crippen molar-refractivity contribution in [1.29, 1.82) is 0 Å². The molecular weight excluding hydrogens is 639 g/mol. The Kier molecular flexibility index (Phi) is 6.94. The first kappa shape index (κ1) is 31.5. The molecule has 2 aliphatic carbocycles. The van der Waals surface area contributed by atoms with Crippen molar-refractivity contribution in [3.8, 4) is 44.5 Å². The number of anilines is 3. The third-order valence-corrected chi connectivity index (χ3v) is 12.0. The van der Waals surface area contributed by atoms with Crippen LogP contribution in [0.5, 0.6) is 0 Å². The number of nitrogens with zero attached hydrogens (tertiary/aromatic N) is 1. The Bertz CT molecular complexity index is 2700. The van der Waals surface area contributed by atoms with E-state index in [1.54, 1.807) is 0 Å². The van der Waals surface area contributed by atoms with Crippen LogP contribution in [0.1, 0.15) is 49.9 Å². The van der Waals surface area contributed by atoms with Gasteiger partial charge in [-0.25, -0.2) is 0 Å². The Hall–Kier alpha value is -6.18. The molecular formula is C52H41N. The molecule has 53 heavy (non-hydrogen) atoms. The molecule has 0 amide bonds. The molecule has 0 aromatic heterocycles. The summed E-state index contributed by atoms with van der Waals surface area (Å²) in [6.45, 7) is 9.53. The van der Waals surface area contributed by atoms with E-state index in [4.69, 9.17) is 0 Å². The van der Waals surface area contributed by atoms with Crippen molar-refractivity contribution in [1.82, 2.24) is 0 Å². The molecule has 0 unspecified atom stereocenters. The molecule has 0 N–H and O–H groups in total. The van der Waals surface area contributed by atoms with E-state index in [0.29, 0.717) is 0 Å². The lowest BCUT2D eigenvalue weighted by Gasteiger charge is -2.31. The predicted octanol–water partition coefficient (Wildman–Crippen LogP) is 14.3. The third kappa shape index (κ3) is 4.77. The van der Waals surface area contributed by atoms with E-state index in [0.717, 1.165) is 11.4 Å². The van der Waals surface area contributed by atoms with E-state index in [1.165, 1.54) is 83.2 Å².